The molecule has 38 heavy (non-hydrogen) atoms. The van der Waals surface area contributed by atoms with Gasteiger partial charge in [0.25, 0.3) is 0 Å². The summed E-state index contributed by atoms with van der Waals surface area (Å²) < 4.78 is 45.3. The highest BCUT2D eigenvalue weighted by Crippen LogP contribution is 2.43. The van der Waals surface area contributed by atoms with E-state index in [2.05, 4.69) is 20.3 Å². The van der Waals surface area contributed by atoms with Gasteiger partial charge in [0.2, 0.25) is 5.91 Å². The second kappa shape index (κ2) is 8.95. The van der Waals surface area contributed by atoms with E-state index in [0.29, 0.717) is 40.3 Å². The molecule has 0 radical (unpaired) electrons. The number of amides is 1. The first-order valence-corrected chi connectivity index (χ1v) is 13.0. The number of hydrogen-bond donors (Lipinski definition) is 3. The molecule has 2 fully saturated rings. The Labute approximate surface area is 219 Å². The van der Waals surface area contributed by atoms with Crippen LogP contribution in [0.5, 0.6) is 0 Å². The van der Waals surface area contributed by atoms with Gasteiger partial charge in [0, 0.05) is 35.3 Å². The van der Waals surface area contributed by atoms with Crippen LogP contribution < -0.4 is 21.7 Å². The third kappa shape index (κ3) is 4.45. The van der Waals surface area contributed by atoms with Gasteiger partial charge in [-0.15, -0.1) is 11.3 Å². The van der Waals surface area contributed by atoms with Gasteiger partial charge in [-0.3, -0.25) is 4.79 Å². The van der Waals surface area contributed by atoms with Crippen LogP contribution in [0.4, 0.5) is 24.7 Å². The molecule has 5 N–H and O–H groups in total. The molecule has 4 aromatic rings. The van der Waals surface area contributed by atoms with Crippen molar-refractivity contribution in [2.24, 2.45) is 5.73 Å². The minimum absolute atomic E-state index is 0.0427. The van der Waals surface area contributed by atoms with Gasteiger partial charge >= 0.3 is 6.18 Å². The highest BCUT2D eigenvalue weighted by Gasteiger charge is 2.44. The van der Waals surface area contributed by atoms with E-state index in [-0.39, 0.29) is 36.4 Å². The SMILES string of the molecule is Nc1ncnc2c1ncn2Cc1c(N2CC[C@](N)(C(=O)NC3CC3)C2)cc(-c2cccs2)cc1C(F)(F)F. The number of aromatic nitrogens is 4. The number of nitrogens with one attached hydrogen (secondary N) is 1. The molecule has 6 rings (SSSR count). The molecule has 1 saturated carbocycles. The first-order valence-electron chi connectivity index (χ1n) is 12.2. The van der Waals surface area contributed by atoms with E-state index in [1.807, 2.05) is 5.38 Å². The maximum absolute atomic E-state index is 14.6. The van der Waals surface area contributed by atoms with E-state index in [9.17, 15) is 18.0 Å². The maximum Gasteiger partial charge on any atom is 0.416 e. The van der Waals surface area contributed by atoms with Gasteiger partial charge in [0.05, 0.1) is 18.4 Å². The van der Waals surface area contributed by atoms with Crippen molar-refractivity contribution in [3.05, 3.63) is 53.4 Å². The fourth-order valence-corrected chi connectivity index (χ4v) is 5.62. The smallest absolute Gasteiger partial charge is 0.382 e. The molecule has 9 nitrogen and oxygen atoms in total. The molecule has 0 spiro atoms. The Morgan fingerprint density at radius 1 is 1.24 bits per heavy atom. The zero-order valence-electron chi connectivity index (χ0n) is 20.2. The number of nitrogens with zero attached hydrogens (tertiary/aromatic N) is 5. The lowest BCUT2D eigenvalue weighted by molar-refractivity contribution is -0.138. The zero-order valence-corrected chi connectivity index (χ0v) is 21.0. The van der Waals surface area contributed by atoms with E-state index in [4.69, 9.17) is 11.5 Å². The van der Waals surface area contributed by atoms with Crippen LogP contribution in [-0.2, 0) is 17.5 Å². The topological polar surface area (TPSA) is 128 Å². The second-order valence-corrected chi connectivity index (χ2v) is 10.8. The first kappa shape index (κ1) is 24.6. The predicted octanol–water partition coefficient (Wildman–Crippen LogP) is 3.39. The van der Waals surface area contributed by atoms with Crippen LogP contribution in [0, 0.1) is 0 Å². The number of imidazole rings is 1. The summed E-state index contributed by atoms with van der Waals surface area (Å²) in [5.41, 5.74) is 12.0. The number of fused-ring (bicyclic) bond motifs is 1. The van der Waals surface area contributed by atoms with Crippen LogP contribution >= 0.6 is 11.3 Å². The fourth-order valence-electron chi connectivity index (χ4n) is 4.91. The standard InChI is InChI=1S/C25H25F3N8OS/c26-25(27,28)17-8-14(19-2-1-7-38-19)9-18(35-6-5-24(30,11-35)23(37)34-15-3-4-15)16(17)10-36-13-33-20-21(29)31-12-32-22(20)36/h1-2,7-9,12-13,15H,3-6,10-11,30H2,(H,34,37)(H2,29,31,32)/t24-/m1/s1. The molecule has 1 aromatic carbocycles. The molecular formula is C25H25F3N8OS. The number of hydrogen-bond acceptors (Lipinski definition) is 8. The van der Waals surface area contributed by atoms with Crippen molar-refractivity contribution in [3.63, 3.8) is 0 Å². The molecule has 0 unspecified atom stereocenters. The summed E-state index contributed by atoms with van der Waals surface area (Å²) in [6, 6.07) is 6.65. The molecule has 13 heteroatoms. The molecule has 1 saturated heterocycles. The predicted molar refractivity (Wildman–Crippen MR) is 139 cm³/mol. The summed E-state index contributed by atoms with van der Waals surface area (Å²) in [5.74, 6) is -0.116. The molecule has 1 atom stereocenters. The van der Waals surface area contributed by atoms with Gasteiger partial charge in [0.15, 0.2) is 11.5 Å². The highest BCUT2D eigenvalue weighted by atomic mass is 32.1. The van der Waals surface area contributed by atoms with Crippen molar-refractivity contribution in [2.75, 3.05) is 23.7 Å². The maximum atomic E-state index is 14.6. The number of nitrogen functional groups attached to an aromatic ring is 1. The van der Waals surface area contributed by atoms with Gasteiger partial charge in [0.1, 0.15) is 17.4 Å². The van der Waals surface area contributed by atoms with E-state index < -0.39 is 17.3 Å². The highest BCUT2D eigenvalue weighted by molar-refractivity contribution is 7.13. The number of anilines is 2. The third-order valence-electron chi connectivity index (χ3n) is 7.10. The number of carbonyl (C=O) groups excluding carboxylic acids is 1. The van der Waals surface area contributed by atoms with Crippen LogP contribution in [0.1, 0.15) is 30.4 Å². The van der Waals surface area contributed by atoms with E-state index in [1.165, 1.54) is 34.6 Å². The molecule has 1 aliphatic carbocycles. The van der Waals surface area contributed by atoms with Crippen molar-refractivity contribution in [3.8, 4) is 10.4 Å². The van der Waals surface area contributed by atoms with Crippen LogP contribution in [0.25, 0.3) is 21.6 Å². The number of rotatable bonds is 6. The minimum atomic E-state index is -4.63. The summed E-state index contributed by atoms with van der Waals surface area (Å²) in [6.07, 6.45) is 0.189. The first-order chi connectivity index (χ1) is 18.1. The van der Waals surface area contributed by atoms with Crippen molar-refractivity contribution < 1.29 is 18.0 Å². The van der Waals surface area contributed by atoms with Gasteiger partial charge in [-0.2, -0.15) is 13.2 Å². The minimum Gasteiger partial charge on any atom is -0.382 e. The molecule has 198 valence electrons. The number of nitrogens with two attached hydrogens (primary N) is 2. The number of alkyl halides is 3. The fraction of sp³-hybridized carbons (Fsp3) is 0.360. The van der Waals surface area contributed by atoms with Crippen molar-refractivity contribution in [1.29, 1.82) is 0 Å². The Morgan fingerprint density at radius 2 is 2.05 bits per heavy atom. The molecule has 4 heterocycles. The number of thiophene rings is 1. The normalized spacial score (nSPS) is 19.8. The van der Waals surface area contributed by atoms with Crippen LogP contribution in [0.2, 0.25) is 0 Å². The molecule has 0 bridgehead atoms. The number of benzene rings is 1. The zero-order chi connectivity index (χ0) is 26.7. The number of halogens is 3. The second-order valence-electron chi connectivity index (χ2n) is 9.88. The van der Waals surface area contributed by atoms with Gasteiger partial charge in [-0.05, 0) is 48.4 Å². The summed E-state index contributed by atoms with van der Waals surface area (Å²) in [7, 11) is 0. The lowest BCUT2D eigenvalue weighted by atomic mass is 9.97. The van der Waals surface area contributed by atoms with Crippen molar-refractivity contribution in [2.45, 2.75) is 43.6 Å². The van der Waals surface area contributed by atoms with Crippen molar-refractivity contribution >= 4 is 39.9 Å². The Morgan fingerprint density at radius 3 is 2.76 bits per heavy atom. The quantitative estimate of drug-likeness (QED) is 0.341. The van der Waals surface area contributed by atoms with Gasteiger partial charge < -0.3 is 26.3 Å². The summed E-state index contributed by atoms with van der Waals surface area (Å²) in [4.78, 5) is 27.7. The molecular weight excluding hydrogens is 517 g/mol. The third-order valence-corrected chi connectivity index (χ3v) is 8.02. The summed E-state index contributed by atoms with van der Waals surface area (Å²) in [6.45, 7) is 0.278. The average Bonchev–Trinajstić information content (AvgIpc) is 3.25. The monoisotopic (exact) mass is 542 g/mol. The van der Waals surface area contributed by atoms with E-state index in [1.54, 1.807) is 23.1 Å². The lowest BCUT2D eigenvalue weighted by Gasteiger charge is -2.28. The summed E-state index contributed by atoms with van der Waals surface area (Å²) >= 11 is 1.36. The largest absolute Gasteiger partial charge is 0.416 e. The lowest BCUT2D eigenvalue weighted by Crippen LogP contribution is -2.56. The van der Waals surface area contributed by atoms with Gasteiger partial charge in [-0.1, -0.05) is 6.07 Å². The van der Waals surface area contributed by atoms with E-state index in [0.717, 1.165) is 12.8 Å². The molecule has 3 aromatic heterocycles. The van der Waals surface area contributed by atoms with Gasteiger partial charge in [-0.25, -0.2) is 15.0 Å². The molecule has 1 amide bonds. The molecule has 2 aliphatic rings. The Balaban J connectivity index is 1.47. The van der Waals surface area contributed by atoms with Crippen LogP contribution in [0.15, 0.2) is 42.3 Å². The summed E-state index contributed by atoms with van der Waals surface area (Å²) in [5, 5.41) is 4.77. The van der Waals surface area contributed by atoms with Crippen LogP contribution in [-0.4, -0.2) is 50.1 Å². The Kier molecular flexibility index (Phi) is 5.80. The Bertz CT molecular complexity index is 1520. The number of carbonyl (C=O) groups is 1. The Hall–Kier alpha value is -3.71. The van der Waals surface area contributed by atoms with Crippen LogP contribution in [0.3, 0.4) is 0 Å². The van der Waals surface area contributed by atoms with Crippen molar-refractivity contribution in [1.82, 2.24) is 24.8 Å². The average molecular weight is 543 g/mol. The van der Waals surface area contributed by atoms with E-state index >= 15 is 0 Å². The molecule has 1 aliphatic heterocycles.